The average Bonchev–Trinajstić information content (AvgIpc) is 2.72. The van der Waals surface area contributed by atoms with Crippen LogP contribution in [-0.2, 0) is 34.0 Å². The summed E-state index contributed by atoms with van der Waals surface area (Å²) in [7, 11) is -3.00. The van der Waals surface area contributed by atoms with Crippen LogP contribution in [0.3, 0.4) is 0 Å². The van der Waals surface area contributed by atoms with Gasteiger partial charge in [-0.3, -0.25) is 14.3 Å². The largest absolute Gasteiger partial charge is 0.450 e. The molecule has 2 aromatic rings. The van der Waals surface area contributed by atoms with Gasteiger partial charge in [0.1, 0.15) is 16.4 Å². The Morgan fingerprint density at radius 3 is 2.15 bits per heavy atom. The number of amides is 1. The normalized spacial score (nSPS) is 12.2. The number of methoxy groups -OCH3 is 1. The molecule has 11 heteroatoms. The number of anilines is 1. The van der Waals surface area contributed by atoms with Crippen molar-refractivity contribution < 1.29 is 41.2 Å². The lowest BCUT2D eigenvalue weighted by Gasteiger charge is -2.19. The summed E-state index contributed by atoms with van der Waals surface area (Å²) in [5, 5.41) is 2.40. The van der Waals surface area contributed by atoms with Crippen molar-refractivity contribution >= 4 is 33.5 Å². The molecule has 0 bridgehead atoms. The lowest BCUT2D eigenvalue weighted by atomic mass is 10.1. The van der Waals surface area contributed by atoms with Gasteiger partial charge < -0.3 is 19.0 Å². The number of para-hydroxylation sites is 2. The van der Waals surface area contributed by atoms with E-state index in [1.54, 1.807) is 18.2 Å². The third-order valence-electron chi connectivity index (χ3n) is 4.07. The van der Waals surface area contributed by atoms with Crippen molar-refractivity contribution in [3.05, 3.63) is 54.6 Å². The number of carbonyl (C=O) groups excluding carboxylic acids is 3. The molecule has 2 rings (SSSR count). The van der Waals surface area contributed by atoms with Crippen LogP contribution in [0.15, 0.2) is 59.5 Å². The molecule has 33 heavy (non-hydrogen) atoms. The number of ketones is 1. The van der Waals surface area contributed by atoms with Gasteiger partial charge in [-0.15, -0.1) is 0 Å². The van der Waals surface area contributed by atoms with Gasteiger partial charge in [0.25, 0.3) is 5.91 Å². The SMILES string of the molecule is C.COC(C)C(=O)OC(CC(C)=O)C(=O)Nc1ccccc1S(=O)(=O)Oc1ccccc1.F. The minimum Gasteiger partial charge on any atom is -0.450 e. The highest BCUT2D eigenvalue weighted by atomic mass is 32.2. The first-order valence-corrected chi connectivity index (χ1v) is 10.7. The number of hydrogen-bond donors (Lipinski definition) is 1. The molecule has 0 aliphatic carbocycles. The molecule has 0 spiro atoms. The molecule has 0 saturated heterocycles. The number of Topliss-reactive ketones (excluding diaryl/α,β-unsaturated/α-hetero) is 1. The molecule has 2 unspecified atom stereocenters. The lowest BCUT2D eigenvalue weighted by molar-refractivity contribution is -0.164. The van der Waals surface area contributed by atoms with Crippen LogP contribution in [-0.4, -0.2) is 45.4 Å². The summed E-state index contributed by atoms with van der Waals surface area (Å²) >= 11 is 0. The zero-order valence-corrected chi connectivity index (χ0v) is 18.5. The minimum absolute atomic E-state index is 0. The number of benzene rings is 2. The lowest BCUT2D eigenvalue weighted by Crippen LogP contribution is -2.37. The fourth-order valence-corrected chi connectivity index (χ4v) is 3.52. The van der Waals surface area contributed by atoms with E-state index in [1.807, 2.05) is 0 Å². The molecule has 2 atom stereocenters. The van der Waals surface area contributed by atoms with Gasteiger partial charge in [-0.1, -0.05) is 37.8 Å². The van der Waals surface area contributed by atoms with E-state index in [0.717, 1.165) is 0 Å². The van der Waals surface area contributed by atoms with E-state index in [4.69, 9.17) is 13.7 Å². The van der Waals surface area contributed by atoms with Gasteiger partial charge in [0.2, 0.25) is 0 Å². The molecule has 0 fully saturated rings. The first kappa shape index (κ1) is 29.7. The predicted octanol–water partition coefficient (Wildman–Crippen LogP) is 3.11. The maximum atomic E-state index is 12.7. The molecule has 0 aliphatic heterocycles. The number of carbonyl (C=O) groups is 3. The molecular weight excluding hydrogens is 457 g/mol. The van der Waals surface area contributed by atoms with Crippen LogP contribution >= 0.6 is 0 Å². The van der Waals surface area contributed by atoms with Gasteiger partial charge in [-0.05, 0) is 38.1 Å². The number of ether oxygens (including phenoxy) is 2. The number of esters is 1. The van der Waals surface area contributed by atoms with Gasteiger partial charge in [0, 0.05) is 7.11 Å². The van der Waals surface area contributed by atoms with Crippen LogP contribution in [0.25, 0.3) is 0 Å². The standard InChI is InChI=1S/C21H23NO8S.CH4.FH/c1-14(23)13-18(29-21(25)15(2)28-3)20(24)22-17-11-7-8-12-19(17)31(26,27)30-16-9-5-4-6-10-16;;/h4-12,15,18H,13H2,1-3H3,(H,22,24);1H4;1H. The van der Waals surface area contributed by atoms with Crippen LogP contribution in [0.2, 0.25) is 0 Å². The van der Waals surface area contributed by atoms with Crippen LogP contribution in [0.1, 0.15) is 27.7 Å². The second kappa shape index (κ2) is 13.3. The molecule has 0 aromatic heterocycles. The number of hydrogen-bond acceptors (Lipinski definition) is 8. The van der Waals surface area contributed by atoms with Crippen molar-refractivity contribution in [3.8, 4) is 5.75 Å². The zero-order valence-electron chi connectivity index (χ0n) is 17.6. The minimum atomic E-state index is -4.29. The highest BCUT2D eigenvalue weighted by Crippen LogP contribution is 2.25. The monoisotopic (exact) mass is 485 g/mol. The van der Waals surface area contributed by atoms with E-state index in [9.17, 15) is 22.8 Å². The van der Waals surface area contributed by atoms with Crippen LogP contribution in [0.5, 0.6) is 5.75 Å². The second-order valence-corrected chi connectivity index (χ2v) is 8.06. The number of halogens is 1. The Hall–Kier alpha value is -3.31. The number of rotatable bonds is 10. The fraction of sp³-hybridized carbons (Fsp3) is 0.318. The van der Waals surface area contributed by atoms with Crippen molar-refractivity contribution in [1.29, 1.82) is 0 Å². The zero-order chi connectivity index (χ0) is 23.0. The average molecular weight is 486 g/mol. The molecule has 9 nitrogen and oxygen atoms in total. The third-order valence-corrected chi connectivity index (χ3v) is 5.38. The molecule has 0 radical (unpaired) electrons. The Morgan fingerprint density at radius 2 is 1.58 bits per heavy atom. The Bertz CT molecular complexity index is 1040. The van der Waals surface area contributed by atoms with Crippen LogP contribution in [0.4, 0.5) is 10.4 Å². The van der Waals surface area contributed by atoms with Gasteiger partial charge in [0.15, 0.2) is 12.2 Å². The summed E-state index contributed by atoms with van der Waals surface area (Å²) in [5.41, 5.74) is -0.0900. The molecule has 0 aliphatic rings. The van der Waals surface area contributed by atoms with E-state index >= 15 is 0 Å². The summed E-state index contributed by atoms with van der Waals surface area (Å²) in [5.74, 6) is -2.00. The molecular formula is C22H28FNO8S. The highest BCUT2D eigenvalue weighted by Gasteiger charge is 2.29. The predicted molar refractivity (Wildman–Crippen MR) is 120 cm³/mol. The van der Waals surface area contributed by atoms with Crippen molar-refractivity contribution in [1.82, 2.24) is 0 Å². The first-order valence-electron chi connectivity index (χ1n) is 9.26. The van der Waals surface area contributed by atoms with Crippen molar-refractivity contribution in [2.24, 2.45) is 0 Å². The van der Waals surface area contributed by atoms with Crippen LogP contribution in [0, 0.1) is 0 Å². The van der Waals surface area contributed by atoms with Crippen molar-refractivity contribution in [3.63, 3.8) is 0 Å². The Morgan fingerprint density at radius 1 is 1.00 bits per heavy atom. The van der Waals surface area contributed by atoms with E-state index in [-0.39, 0.29) is 34.9 Å². The summed E-state index contributed by atoms with van der Waals surface area (Å²) in [4.78, 5) is 36.0. The Labute approximate surface area is 192 Å². The highest BCUT2D eigenvalue weighted by molar-refractivity contribution is 7.87. The van der Waals surface area contributed by atoms with Crippen molar-refractivity contribution in [2.75, 3.05) is 12.4 Å². The number of nitrogens with one attached hydrogen (secondary N) is 1. The topological polar surface area (TPSA) is 125 Å². The van der Waals surface area contributed by atoms with E-state index in [2.05, 4.69) is 5.32 Å². The van der Waals surface area contributed by atoms with E-state index < -0.39 is 40.0 Å². The molecule has 182 valence electrons. The smallest absolute Gasteiger partial charge is 0.341 e. The van der Waals surface area contributed by atoms with E-state index in [0.29, 0.717) is 0 Å². The molecule has 0 saturated carbocycles. The quantitative estimate of drug-likeness (QED) is 0.402. The Balaban J connectivity index is 0.00000512. The van der Waals surface area contributed by atoms with Crippen molar-refractivity contribution in [2.45, 2.75) is 44.8 Å². The molecule has 2 aromatic carbocycles. The van der Waals surface area contributed by atoms with Gasteiger partial charge in [-0.25, -0.2) is 4.79 Å². The summed E-state index contributed by atoms with van der Waals surface area (Å²) < 4.78 is 40.5. The maximum absolute atomic E-state index is 12.7. The summed E-state index contributed by atoms with van der Waals surface area (Å²) in [6.45, 7) is 2.66. The Kier molecular flexibility index (Phi) is 12.0. The second-order valence-electron chi connectivity index (χ2n) is 6.55. The molecule has 1 N–H and O–H groups in total. The van der Waals surface area contributed by atoms with Gasteiger partial charge in [0.05, 0.1) is 12.1 Å². The fourth-order valence-electron chi connectivity index (χ4n) is 2.43. The van der Waals surface area contributed by atoms with Gasteiger partial charge >= 0.3 is 16.1 Å². The maximum Gasteiger partial charge on any atom is 0.341 e. The van der Waals surface area contributed by atoms with Gasteiger partial charge in [-0.2, -0.15) is 8.42 Å². The van der Waals surface area contributed by atoms with E-state index in [1.165, 1.54) is 57.4 Å². The summed E-state index contributed by atoms with van der Waals surface area (Å²) in [6, 6.07) is 13.4. The summed E-state index contributed by atoms with van der Waals surface area (Å²) in [6.07, 6.45) is -2.80. The molecule has 1 amide bonds. The third kappa shape index (κ3) is 8.62. The van der Waals surface area contributed by atoms with Crippen LogP contribution < -0.4 is 9.50 Å². The molecule has 0 heterocycles. The first-order chi connectivity index (χ1) is 14.6.